The first-order valence-electron chi connectivity index (χ1n) is 4.61. The van der Waals surface area contributed by atoms with Gasteiger partial charge < -0.3 is 10.8 Å². The van der Waals surface area contributed by atoms with Gasteiger partial charge in [0.1, 0.15) is 11.6 Å². The van der Waals surface area contributed by atoms with E-state index in [4.69, 9.17) is 10.8 Å². The standard InChI is InChI=1S/C10H8FN3O3/c11-5-3-1-2-4-6(5)14-7(9(15)16)8(12)13-10(14)17/h1-4H,12H2,(H,13,17)(H,15,16). The van der Waals surface area contributed by atoms with Gasteiger partial charge in [-0.2, -0.15) is 0 Å². The summed E-state index contributed by atoms with van der Waals surface area (Å²) in [6, 6.07) is 5.33. The Morgan fingerprint density at radius 2 is 2.06 bits per heavy atom. The van der Waals surface area contributed by atoms with Gasteiger partial charge in [-0.1, -0.05) is 12.1 Å². The lowest BCUT2D eigenvalue weighted by Crippen LogP contribution is -2.20. The van der Waals surface area contributed by atoms with E-state index in [-0.39, 0.29) is 11.5 Å². The monoisotopic (exact) mass is 237 g/mol. The number of carboxylic acid groups (broad SMARTS) is 1. The van der Waals surface area contributed by atoms with Gasteiger partial charge in [-0.25, -0.2) is 18.5 Å². The second kappa shape index (κ2) is 3.78. The van der Waals surface area contributed by atoms with Gasteiger partial charge in [-0.15, -0.1) is 0 Å². The first-order valence-corrected chi connectivity index (χ1v) is 4.61. The third-order valence-electron chi connectivity index (χ3n) is 2.22. The number of carboxylic acids is 1. The predicted octanol–water partition coefficient (Wildman–Crippen LogP) is 0.585. The van der Waals surface area contributed by atoms with Gasteiger partial charge in [0, 0.05) is 0 Å². The SMILES string of the molecule is Nc1[nH]c(=O)n(-c2ccccc2F)c1C(=O)O. The van der Waals surface area contributed by atoms with Crippen LogP contribution in [0.4, 0.5) is 10.2 Å². The van der Waals surface area contributed by atoms with E-state index in [0.29, 0.717) is 4.57 Å². The molecule has 0 saturated heterocycles. The first kappa shape index (κ1) is 10.9. The van der Waals surface area contributed by atoms with Crippen LogP contribution in [0.5, 0.6) is 0 Å². The number of nitrogens with zero attached hydrogens (tertiary/aromatic N) is 1. The number of aromatic carboxylic acids is 1. The maximum Gasteiger partial charge on any atom is 0.356 e. The van der Waals surface area contributed by atoms with Crippen LogP contribution in [0.1, 0.15) is 10.5 Å². The molecular weight excluding hydrogens is 229 g/mol. The lowest BCUT2D eigenvalue weighted by atomic mass is 10.3. The van der Waals surface area contributed by atoms with Crippen LogP contribution in [-0.2, 0) is 0 Å². The molecule has 1 aromatic heterocycles. The third-order valence-corrected chi connectivity index (χ3v) is 2.22. The summed E-state index contributed by atoms with van der Waals surface area (Å²) in [5, 5.41) is 8.93. The van der Waals surface area contributed by atoms with Crippen molar-refractivity contribution < 1.29 is 14.3 Å². The lowest BCUT2D eigenvalue weighted by molar-refractivity contribution is 0.0689. The van der Waals surface area contributed by atoms with Gasteiger partial charge in [0.15, 0.2) is 5.69 Å². The zero-order valence-electron chi connectivity index (χ0n) is 8.48. The molecule has 0 radical (unpaired) electrons. The van der Waals surface area contributed by atoms with Crippen LogP contribution >= 0.6 is 0 Å². The average molecular weight is 237 g/mol. The van der Waals surface area contributed by atoms with Crippen LogP contribution in [0.25, 0.3) is 5.69 Å². The maximum atomic E-state index is 13.5. The van der Waals surface area contributed by atoms with Crippen molar-refractivity contribution in [1.82, 2.24) is 9.55 Å². The molecule has 2 aromatic rings. The van der Waals surface area contributed by atoms with Gasteiger partial charge in [0.25, 0.3) is 0 Å². The number of halogens is 1. The number of nitrogen functional groups attached to an aromatic ring is 1. The Kier molecular flexibility index (Phi) is 2.43. The molecule has 88 valence electrons. The molecule has 6 nitrogen and oxygen atoms in total. The number of hydrogen-bond acceptors (Lipinski definition) is 3. The Hall–Kier alpha value is -2.57. The topological polar surface area (TPSA) is 101 Å². The van der Waals surface area contributed by atoms with Gasteiger partial charge >= 0.3 is 11.7 Å². The first-order chi connectivity index (χ1) is 8.02. The number of benzene rings is 1. The summed E-state index contributed by atoms with van der Waals surface area (Å²) < 4.78 is 14.2. The Morgan fingerprint density at radius 3 is 2.65 bits per heavy atom. The molecule has 0 atom stereocenters. The molecule has 1 aromatic carbocycles. The van der Waals surface area contributed by atoms with Gasteiger partial charge in [-0.3, -0.25) is 4.98 Å². The molecule has 17 heavy (non-hydrogen) atoms. The second-order valence-electron chi connectivity index (χ2n) is 3.28. The van der Waals surface area contributed by atoms with E-state index in [1.165, 1.54) is 18.2 Å². The Morgan fingerprint density at radius 1 is 1.41 bits per heavy atom. The molecule has 0 bridgehead atoms. The van der Waals surface area contributed by atoms with Crippen molar-refractivity contribution >= 4 is 11.8 Å². The summed E-state index contributed by atoms with van der Waals surface area (Å²) >= 11 is 0. The normalized spacial score (nSPS) is 10.4. The summed E-state index contributed by atoms with van der Waals surface area (Å²) in [5.41, 5.74) is 3.90. The minimum absolute atomic E-state index is 0.164. The number of aromatic amines is 1. The molecule has 0 spiro atoms. The van der Waals surface area contributed by atoms with Crippen molar-refractivity contribution in [2.24, 2.45) is 0 Å². The number of anilines is 1. The zero-order valence-corrected chi connectivity index (χ0v) is 8.48. The summed E-state index contributed by atoms with van der Waals surface area (Å²) in [6.07, 6.45) is 0. The molecule has 0 amide bonds. The highest BCUT2D eigenvalue weighted by Gasteiger charge is 2.21. The van der Waals surface area contributed by atoms with Crippen molar-refractivity contribution in [3.63, 3.8) is 0 Å². The molecule has 0 aliphatic carbocycles. The van der Waals surface area contributed by atoms with E-state index < -0.39 is 23.2 Å². The van der Waals surface area contributed by atoms with Crippen molar-refractivity contribution in [3.05, 3.63) is 46.3 Å². The average Bonchev–Trinajstić information content (AvgIpc) is 2.54. The lowest BCUT2D eigenvalue weighted by Gasteiger charge is -2.05. The highest BCUT2D eigenvalue weighted by Crippen LogP contribution is 2.16. The van der Waals surface area contributed by atoms with E-state index >= 15 is 0 Å². The fourth-order valence-corrected chi connectivity index (χ4v) is 1.53. The Balaban J connectivity index is 2.81. The number of aromatic nitrogens is 2. The van der Waals surface area contributed by atoms with E-state index in [2.05, 4.69) is 4.98 Å². The van der Waals surface area contributed by atoms with Gasteiger partial charge in [0.05, 0.1) is 5.69 Å². The fraction of sp³-hybridized carbons (Fsp3) is 0. The smallest absolute Gasteiger partial charge is 0.356 e. The van der Waals surface area contributed by atoms with Crippen molar-refractivity contribution in [2.45, 2.75) is 0 Å². The summed E-state index contributed by atoms with van der Waals surface area (Å²) in [7, 11) is 0. The largest absolute Gasteiger partial charge is 0.476 e. The molecule has 0 aliphatic heterocycles. The number of hydrogen-bond donors (Lipinski definition) is 3. The van der Waals surface area contributed by atoms with Crippen LogP contribution in [0.15, 0.2) is 29.1 Å². The minimum atomic E-state index is -1.41. The molecule has 0 aliphatic rings. The number of carbonyl (C=O) groups is 1. The highest BCUT2D eigenvalue weighted by atomic mass is 19.1. The number of para-hydroxylation sites is 1. The quantitative estimate of drug-likeness (QED) is 0.711. The second-order valence-corrected chi connectivity index (χ2v) is 3.28. The van der Waals surface area contributed by atoms with E-state index in [9.17, 15) is 14.0 Å². The van der Waals surface area contributed by atoms with Crippen LogP contribution in [0, 0.1) is 5.82 Å². The number of nitrogens with one attached hydrogen (secondary N) is 1. The Labute approximate surface area is 94.1 Å². The molecule has 4 N–H and O–H groups in total. The molecule has 0 saturated carbocycles. The predicted molar refractivity (Wildman–Crippen MR) is 57.7 cm³/mol. The van der Waals surface area contributed by atoms with Crippen LogP contribution in [0.3, 0.4) is 0 Å². The summed E-state index contributed by atoms with van der Waals surface area (Å²) in [5.74, 6) is -2.44. The molecule has 0 unspecified atom stereocenters. The maximum absolute atomic E-state index is 13.5. The van der Waals surface area contributed by atoms with Gasteiger partial charge in [-0.05, 0) is 12.1 Å². The summed E-state index contributed by atoms with van der Waals surface area (Å²) in [4.78, 5) is 24.6. The van der Waals surface area contributed by atoms with Crippen molar-refractivity contribution in [3.8, 4) is 5.69 Å². The number of H-pyrrole nitrogens is 1. The van der Waals surface area contributed by atoms with E-state index in [1.54, 1.807) is 0 Å². The third kappa shape index (κ3) is 1.67. The zero-order chi connectivity index (χ0) is 12.6. The van der Waals surface area contributed by atoms with Crippen LogP contribution in [-0.4, -0.2) is 20.6 Å². The van der Waals surface area contributed by atoms with E-state index in [0.717, 1.165) is 6.07 Å². The van der Waals surface area contributed by atoms with Gasteiger partial charge in [0.2, 0.25) is 0 Å². The molecule has 0 fully saturated rings. The van der Waals surface area contributed by atoms with Crippen molar-refractivity contribution in [1.29, 1.82) is 0 Å². The molecule has 2 rings (SSSR count). The minimum Gasteiger partial charge on any atom is -0.476 e. The molecule has 7 heteroatoms. The molecular formula is C10H8FN3O3. The van der Waals surface area contributed by atoms with Crippen LogP contribution < -0.4 is 11.4 Å². The number of imidazole rings is 1. The summed E-state index contributed by atoms with van der Waals surface area (Å²) in [6.45, 7) is 0. The fourth-order valence-electron chi connectivity index (χ4n) is 1.53. The number of rotatable bonds is 2. The van der Waals surface area contributed by atoms with E-state index in [1.807, 2.05) is 0 Å². The van der Waals surface area contributed by atoms with Crippen molar-refractivity contribution in [2.75, 3.05) is 5.73 Å². The Bertz CT molecular complexity index is 644. The van der Waals surface area contributed by atoms with Crippen LogP contribution in [0.2, 0.25) is 0 Å². The molecule has 1 heterocycles. The number of nitrogens with two attached hydrogens (primary N) is 1. The highest BCUT2D eigenvalue weighted by molar-refractivity contribution is 5.91.